The second-order valence-electron chi connectivity index (χ2n) is 5.05. The molecule has 2 heterocycles. The molecule has 0 aliphatic carbocycles. The fraction of sp³-hybridized carbons (Fsp3) is 0.462. The predicted octanol–water partition coefficient (Wildman–Crippen LogP) is 0.747. The first kappa shape index (κ1) is 11.5. The molecule has 1 saturated heterocycles. The largest absolute Gasteiger partial charge is 0.419 e. The molecule has 1 aromatic heterocycles. The lowest BCUT2D eigenvalue weighted by atomic mass is 9.73. The Balaban J connectivity index is 2.16. The maximum Gasteiger partial charge on any atom is 0.419 e. The molecule has 0 saturated carbocycles. The first-order valence-electron chi connectivity index (χ1n) is 5.98. The smallest absolute Gasteiger partial charge is 0.408 e. The van der Waals surface area contributed by atoms with E-state index in [4.69, 9.17) is 14.9 Å². The molecule has 96 valence electrons. The number of aryl methyl sites for hydroxylation is 1. The molecule has 0 bridgehead atoms. The quantitative estimate of drug-likeness (QED) is 0.851. The average molecular weight is 248 g/mol. The number of hydrogen-bond acceptors (Lipinski definition) is 4. The number of hydrogen-bond donors (Lipinski definition) is 1. The Morgan fingerprint density at radius 3 is 2.72 bits per heavy atom. The first-order chi connectivity index (χ1) is 8.54. The monoisotopic (exact) mass is 248 g/mol. The van der Waals surface area contributed by atoms with Crippen LogP contribution in [0.25, 0.3) is 11.1 Å². The summed E-state index contributed by atoms with van der Waals surface area (Å²) in [6, 6.07) is 5.81. The van der Waals surface area contributed by atoms with Crippen LogP contribution in [0.1, 0.15) is 12.5 Å². The van der Waals surface area contributed by atoms with Gasteiger partial charge in [0.15, 0.2) is 5.58 Å². The number of aromatic nitrogens is 1. The zero-order valence-corrected chi connectivity index (χ0v) is 10.5. The molecule has 0 amide bonds. The van der Waals surface area contributed by atoms with Crippen molar-refractivity contribution < 1.29 is 9.15 Å². The van der Waals surface area contributed by atoms with Crippen LogP contribution < -0.4 is 11.5 Å². The molecule has 1 atom stereocenters. The highest BCUT2D eigenvalue weighted by molar-refractivity contribution is 5.74. The molecular weight excluding hydrogens is 232 g/mol. The molecule has 3 rings (SSSR count). The van der Waals surface area contributed by atoms with E-state index in [0.29, 0.717) is 18.8 Å². The van der Waals surface area contributed by atoms with Gasteiger partial charge in [-0.1, -0.05) is 6.07 Å². The zero-order chi connectivity index (χ0) is 12.9. The topological polar surface area (TPSA) is 70.4 Å². The van der Waals surface area contributed by atoms with Crippen molar-refractivity contribution in [3.8, 4) is 0 Å². The summed E-state index contributed by atoms with van der Waals surface area (Å²) in [6.07, 6.45) is 0. The van der Waals surface area contributed by atoms with Crippen LogP contribution in [0.2, 0.25) is 0 Å². The Hall–Kier alpha value is -1.59. The van der Waals surface area contributed by atoms with E-state index in [1.165, 1.54) is 4.57 Å². The van der Waals surface area contributed by atoms with Crippen LogP contribution in [0.4, 0.5) is 0 Å². The Morgan fingerprint density at radius 1 is 1.44 bits per heavy atom. The minimum Gasteiger partial charge on any atom is -0.408 e. The van der Waals surface area contributed by atoms with Gasteiger partial charge in [0.1, 0.15) is 0 Å². The Morgan fingerprint density at radius 2 is 2.17 bits per heavy atom. The van der Waals surface area contributed by atoms with Crippen LogP contribution in [-0.4, -0.2) is 23.8 Å². The Kier molecular flexibility index (Phi) is 2.36. The molecule has 5 heteroatoms. The molecule has 1 aliphatic rings. The average Bonchev–Trinajstić information content (AvgIpc) is 2.52. The Labute approximate surface area is 104 Å². The zero-order valence-electron chi connectivity index (χ0n) is 10.5. The van der Waals surface area contributed by atoms with Crippen molar-refractivity contribution in [2.75, 3.05) is 13.2 Å². The van der Waals surface area contributed by atoms with Crippen molar-refractivity contribution in [2.24, 2.45) is 12.8 Å². The highest BCUT2D eigenvalue weighted by atomic mass is 16.5. The van der Waals surface area contributed by atoms with E-state index < -0.39 is 0 Å². The Bertz CT molecular complexity index is 650. The fourth-order valence-corrected chi connectivity index (χ4v) is 2.46. The van der Waals surface area contributed by atoms with E-state index in [1.807, 2.05) is 25.1 Å². The number of rotatable bonds is 2. The number of nitrogens with two attached hydrogens (primary N) is 1. The van der Waals surface area contributed by atoms with Crippen LogP contribution >= 0.6 is 0 Å². The number of fused-ring (bicyclic) bond motifs is 1. The molecule has 18 heavy (non-hydrogen) atoms. The van der Waals surface area contributed by atoms with E-state index in [-0.39, 0.29) is 17.2 Å². The molecule has 0 spiro atoms. The summed E-state index contributed by atoms with van der Waals surface area (Å²) < 4.78 is 12.0. The van der Waals surface area contributed by atoms with Crippen molar-refractivity contribution >= 4 is 11.1 Å². The van der Waals surface area contributed by atoms with E-state index in [1.54, 1.807) is 7.05 Å². The van der Waals surface area contributed by atoms with Gasteiger partial charge in [0.05, 0.1) is 24.1 Å². The number of benzene rings is 1. The van der Waals surface area contributed by atoms with Gasteiger partial charge in [0.25, 0.3) is 0 Å². The first-order valence-corrected chi connectivity index (χ1v) is 5.98. The molecule has 0 radical (unpaired) electrons. The third kappa shape index (κ3) is 1.38. The van der Waals surface area contributed by atoms with E-state index in [2.05, 4.69) is 0 Å². The normalized spacial score (nSPS) is 19.7. The van der Waals surface area contributed by atoms with Crippen molar-refractivity contribution in [2.45, 2.75) is 18.4 Å². The minimum atomic E-state index is -0.346. The second-order valence-corrected chi connectivity index (χ2v) is 5.05. The summed E-state index contributed by atoms with van der Waals surface area (Å²) in [6.45, 7) is 3.22. The highest BCUT2D eigenvalue weighted by Crippen LogP contribution is 2.36. The van der Waals surface area contributed by atoms with E-state index in [9.17, 15) is 4.79 Å². The third-order valence-corrected chi connectivity index (χ3v) is 3.96. The molecule has 5 nitrogen and oxygen atoms in total. The SMILES string of the molecule is CC(N)C1(c2ccc3c(c2)oc(=O)n3C)COC1. The van der Waals surface area contributed by atoms with Crippen LogP contribution in [-0.2, 0) is 17.2 Å². The van der Waals surface area contributed by atoms with Gasteiger partial charge in [-0.05, 0) is 24.6 Å². The molecule has 1 aliphatic heterocycles. The van der Waals surface area contributed by atoms with Crippen molar-refractivity contribution in [1.82, 2.24) is 4.57 Å². The third-order valence-electron chi connectivity index (χ3n) is 3.96. The molecule has 1 aromatic carbocycles. The van der Waals surface area contributed by atoms with Crippen LogP contribution in [0.3, 0.4) is 0 Å². The predicted molar refractivity (Wildman–Crippen MR) is 67.6 cm³/mol. The summed E-state index contributed by atoms with van der Waals surface area (Å²) in [5.74, 6) is -0.346. The number of oxazole rings is 1. The maximum atomic E-state index is 11.5. The fourth-order valence-electron chi connectivity index (χ4n) is 2.46. The van der Waals surface area contributed by atoms with Crippen molar-refractivity contribution in [3.63, 3.8) is 0 Å². The maximum absolute atomic E-state index is 11.5. The molecule has 1 fully saturated rings. The summed E-state index contributed by atoms with van der Waals surface area (Å²) in [4.78, 5) is 11.5. The van der Waals surface area contributed by atoms with Gasteiger partial charge < -0.3 is 14.9 Å². The minimum absolute atomic E-state index is 0.000802. The number of nitrogens with zero attached hydrogens (tertiary/aromatic N) is 1. The van der Waals surface area contributed by atoms with Crippen molar-refractivity contribution in [3.05, 3.63) is 34.3 Å². The molecule has 2 N–H and O–H groups in total. The number of ether oxygens (including phenoxy) is 1. The van der Waals surface area contributed by atoms with Crippen molar-refractivity contribution in [1.29, 1.82) is 0 Å². The summed E-state index contributed by atoms with van der Waals surface area (Å²) in [5, 5.41) is 0. The highest BCUT2D eigenvalue weighted by Gasteiger charge is 2.43. The van der Waals surface area contributed by atoms with Crippen LogP contribution in [0.5, 0.6) is 0 Å². The lowest BCUT2D eigenvalue weighted by molar-refractivity contribution is -0.0701. The van der Waals surface area contributed by atoms with Crippen LogP contribution in [0.15, 0.2) is 27.4 Å². The standard InChI is InChI=1S/C13H16N2O3/c1-8(14)13(6-17-7-13)9-3-4-10-11(5-9)18-12(16)15(10)2/h3-5,8H,6-7,14H2,1-2H3. The van der Waals surface area contributed by atoms with Gasteiger partial charge in [-0.15, -0.1) is 0 Å². The molecule has 1 unspecified atom stereocenters. The van der Waals surface area contributed by atoms with Gasteiger partial charge in [-0.25, -0.2) is 4.79 Å². The van der Waals surface area contributed by atoms with Crippen LogP contribution in [0, 0.1) is 0 Å². The molecular formula is C13H16N2O3. The van der Waals surface area contributed by atoms with E-state index >= 15 is 0 Å². The lowest BCUT2D eigenvalue weighted by Crippen LogP contribution is -2.57. The van der Waals surface area contributed by atoms with Gasteiger partial charge in [0, 0.05) is 13.1 Å². The van der Waals surface area contributed by atoms with Gasteiger partial charge in [-0.3, -0.25) is 4.57 Å². The summed E-state index contributed by atoms with van der Waals surface area (Å²) >= 11 is 0. The van der Waals surface area contributed by atoms with E-state index in [0.717, 1.165) is 11.1 Å². The van der Waals surface area contributed by atoms with Gasteiger partial charge in [0.2, 0.25) is 0 Å². The summed E-state index contributed by atoms with van der Waals surface area (Å²) in [7, 11) is 1.70. The molecule has 2 aromatic rings. The van der Waals surface area contributed by atoms with Gasteiger partial charge in [-0.2, -0.15) is 0 Å². The summed E-state index contributed by atoms with van der Waals surface area (Å²) in [5.41, 5.74) is 8.39. The van der Waals surface area contributed by atoms with Gasteiger partial charge >= 0.3 is 5.76 Å². The lowest BCUT2D eigenvalue weighted by Gasteiger charge is -2.45. The second kappa shape index (κ2) is 3.70.